The van der Waals surface area contributed by atoms with Crippen molar-refractivity contribution in [3.05, 3.63) is 59.2 Å². The zero-order chi connectivity index (χ0) is 24.8. The van der Waals surface area contributed by atoms with Crippen molar-refractivity contribution in [1.29, 1.82) is 0 Å². The van der Waals surface area contributed by atoms with Crippen LogP contribution in [0.3, 0.4) is 0 Å². The van der Waals surface area contributed by atoms with Crippen LogP contribution in [0.4, 0.5) is 0 Å². The summed E-state index contributed by atoms with van der Waals surface area (Å²) in [4.78, 5) is 27.4. The number of amides is 1. The van der Waals surface area contributed by atoms with Crippen molar-refractivity contribution < 1.29 is 34.0 Å². The first-order valence-corrected chi connectivity index (χ1v) is 11.2. The maximum Gasteiger partial charge on any atom is 0.295 e. The molecule has 34 heavy (non-hydrogen) atoms. The van der Waals surface area contributed by atoms with Gasteiger partial charge in [-0.05, 0) is 54.3 Å². The molecule has 1 amide bonds. The molecule has 3 rings (SSSR count). The second kappa shape index (κ2) is 11.1. The van der Waals surface area contributed by atoms with Gasteiger partial charge >= 0.3 is 0 Å². The summed E-state index contributed by atoms with van der Waals surface area (Å²) in [6.07, 6.45) is 0.511. The molecule has 2 aromatic carbocycles. The second-order valence-electron chi connectivity index (χ2n) is 8.50. The van der Waals surface area contributed by atoms with E-state index in [2.05, 4.69) is 0 Å². The minimum atomic E-state index is -0.844. The topological polar surface area (TPSA) is 106 Å². The van der Waals surface area contributed by atoms with Gasteiger partial charge in [0.2, 0.25) is 0 Å². The van der Waals surface area contributed by atoms with E-state index in [0.29, 0.717) is 42.4 Å². The van der Waals surface area contributed by atoms with Crippen LogP contribution in [-0.4, -0.2) is 60.8 Å². The number of ether oxygens (including phenoxy) is 3. The van der Waals surface area contributed by atoms with E-state index < -0.39 is 17.7 Å². The number of hydrogen-bond donors (Lipinski definition) is 2. The van der Waals surface area contributed by atoms with Crippen LogP contribution in [0.15, 0.2) is 48.0 Å². The summed E-state index contributed by atoms with van der Waals surface area (Å²) in [6, 6.07) is 10.5. The highest BCUT2D eigenvalue weighted by Crippen LogP contribution is 2.41. The molecule has 2 N–H and O–H groups in total. The molecule has 8 heteroatoms. The van der Waals surface area contributed by atoms with Crippen molar-refractivity contribution in [1.82, 2.24) is 4.90 Å². The quantitative estimate of drug-likeness (QED) is 0.235. The Morgan fingerprint density at radius 2 is 1.79 bits per heavy atom. The summed E-state index contributed by atoms with van der Waals surface area (Å²) in [5, 5.41) is 21.2. The van der Waals surface area contributed by atoms with E-state index in [1.165, 1.54) is 18.1 Å². The number of ketones is 1. The molecule has 0 radical (unpaired) electrons. The van der Waals surface area contributed by atoms with Crippen molar-refractivity contribution in [2.24, 2.45) is 5.92 Å². The fraction of sp³-hybridized carbons (Fsp3) is 0.385. The Bertz CT molecular complexity index is 1060. The van der Waals surface area contributed by atoms with Crippen molar-refractivity contribution in [3.8, 4) is 17.2 Å². The van der Waals surface area contributed by atoms with Crippen molar-refractivity contribution in [3.63, 3.8) is 0 Å². The molecule has 182 valence electrons. The van der Waals surface area contributed by atoms with Gasteiger partial charge in [0.05, 0.1) is 25.3 Å². The summed E-state index contributed by atoms with van der Waals surface area (Å²) < 4.78 is 16.0. The van der Waals surface area contributed by atoms with E-state index in [0.717, 1.165) is 0 Å². The van der Waals surface area contributed by atoms with Crippen LogP contribution in [0.1, 0.15) is 37.4 Å². The zero-order valence-electron chi connectivity index (χ0n) is 19.9. The fourth-order valence-electron chi connectivity index (χ4n) is 3.83. The van der Waals surface area contributed by atoms with Crippen molar-refractivity contribution in [2.75, 3.05) is 34.0 Å². The molecule has 1 atom stereocenters. The molecule has 1 saturated heterocycles. The lowest BCUT2D eigenvalue weighted by atomic mass is 9.95. The summed E-state index contributed by atoms with van der Waals surface area (Å²) in [6.45, 7) is 5.31. The van der Waals surface area contributed by atoms with Crippen molar-refractivity contribution in [2.45, 2.75) is 26.3 Å². The van der Waals surface area contributed by atoms with Crippen LogP contribution < -0.4 is 9.47 Å². The Balaban J connectivity index is 2.05. The summed E-state index contributed by atoms with van der Waals surface area (Å²) in [5.41, 5.74) is 0.901. The van der Waals surface area contributed by atoms with E-state index in [-0.39, 0.29) is 29.4 Å². The molecule has 1 aliphatic rings. The monoisotopic (exact) mass is 469 g/mol. The molecule has 0 unspecified atom stereocenters. The number of carbonyl (C=O) groups excluding carboxylic acids is 2. The third-order valence-electron chi connectivity index (χ3n) is 5.52. The van der Waals surface area contributed by atoms with Crippen LogP contribution in [0, 0.1) is 5.92 Å². The predicted octanol–water partition coefficient (Wildman–Crippen LogP) is 3.89. The first-order valence-electron chi connectivity index (χ1n) is 11.2. The van der Waals surface area contributed by atoms with Crippen LogP contribution >= 0.6 is 0 Å². The molecular formula is C26H31NO7. The maximum atomic E-state index is 13.1. The van der Waals surface area contributed by atoms with Gasteiger partial charge in [-0.2, -0.15) is 0 Å². The summed E-state index contributed by atoms with van der Waals surface area (Å²) >= 11 is 0. The SMILES string of the molecule is COCCCN1C(=O)C(=O)C(=C(O)c2ccc(OCC(C)C)cc2)[C@@H]1c1ccc(O)c(OC)c1. The highest BCUT2D eigenvalue weighted by molar-refractivity contribution is 6.46. The van der Waals surface area contributed by atoms with E-state index >= 15 is 0 Å². The van der Waals surface area contributed by atoms with Gasteiger partial charge in [-0.25, -0.2) is 0 Å². The number of hydrogen-bond acceptors (Lipinski definition) is 7. The number of Topliss-reactive ketones (excluding diaryl/α,β-unsaturated/α-hetero) is 1. The van der Waals surface area contributed by atoms with Gasteiger partial charge in [-0.3, -0.25) is 9.59 Å². The van der Waals surface area contributed by atoms with Gasteiger partial charge in [0.25, 0.3) is 11.7 Å². The van der Waals surface area contributed by atoms with Gasteiger partial charge in [-0.15, -0.1) is 0 Å². The summed E-state index contributed by atoms with van der Waals surface area (Å²) in [7, 11) is 2.97. The molecule has 0 aliphatic carbocycles. The van der Waals surface area contributed by atoms with E-state index in [1.807, 2.05) is 13.8 Å². The lowest BCUT2D eigenvalue weighted by molar-refractivity contribution is -0.140. The molecule has 2 aromatic rings. The largest absolute Gasteiger partial charge is 0.507 e. The van der Waals surface area contributed by atoms with Crippen LogP contribution in [0.2, 0.25) is 0 Å². The normalized spacial score (nSPS) is 17.4. The van der Waals surface area contributed by atoms with Gasteiger partial charge in [0.1, 0.15) is 11.5 Å². The molecule has 0 spiro atoms. The highest BCUT2D eigenvalue weighted by Gasteiger charge is 2.46. The maximum absolute atomic E-state index is 13.1. The molecule has 0 bridgehead atoms. The molecular weight excluding hydrogens is 438 g/mol. The second-order valence-corrected chi connectivity index (χ2v) is 8.50. The number of phenolic OH excluding ortho intramolecular Hbond substituents is 1. The molecule has 1 heterocycles. The van der Waals surface area contributed by atoms with E-state index in [1.54, 1.807) is 43.5 Å². The third-order valence-corrected chi connectivity index (χ3v) is 5.52. The number of nitrogens with zero attached hydrogens (tertiary/aromatic N) is 1. The van der Waals surface area contributed by atoms with Crippen LogP contribution in [0.25, 0.3) is 5.76 Å². The van der Waals surface area contributed by atoms with Crippen LogP contribution in [-0.2, 0) is 14.3 Å². The number of rotatable bonds is 10. The molecule has 1 fully saturated rings. The zero-order valence-corrected chi connectivity index (χ0v) is 19.9. The minimum absolute atomic E-state index is 0.0222. The lowest BCUT2D eigenvalue weighted by Crippen LogP contribution is -2.31. The number of aliphatic hydroxyl groups is 1. The minimum Gasteiger partial charge on any atom is -0.507 e. The van der Waals surface area contributed by atoms with Gasteiger partial charge < -0.3 is 29.3 Å². The van der Waals surface area contributed by atoms with Crippen LogP contribution in [0.5, 0.6) is 17.2 Å². The predicted molar refractivity (Wildman–Crippen MR) is 127 cm³/mol. The number of carbonyl (C=O) groups is 2. The Kier molecular flexibility index (Phi) is 8.17. The Morgan fingerprint density at radius 1 is 1.09 bits per heavy atom. The molecule has 8 nitrogen and oxygen atoms in total. The lowest BCUT2D eigenvalue weighted by Gasteiger charge is -2.25. The molecule has 1 aliphatic heterocycles. The van der Waals surface area contributed by atoms with Gasteiger partial charge in [0, 0.05) is 25.8 Å². The standard InChI is InChI=1S/C26H31NO7/c1-16(2)15-34-19-9-6-17(7-10-19)24(29)22-23(18-8-11-20(28)21(14-18)33-4)27(12-5-13-32-3)26(31)25(22)30/h6-11,14,16,23,28-29H,5,12-13,15H2,1-4H3/t23-/m0/s1. The average molecular weight is 470 g/mol. The van der Waals surface area contributed by atoms with E-state index in [4.69, 9.17) is 14.2 Å². The van der Waals surface area contributed by atoms with Gasteiger partial charge in [0.15, 0.2) is 11.5 Å². The Morgan fingerprint density at radius 3 is 2.41 bits per heavy atom. The number of methoxy groups -OCH3 is 2. The van der Waals surface area contributed by atoms with Gasteiger partial charge in [-0.1, -0.05) is 19.9 Å². The molecule has 0 saturated carbocycles. The summed E-state index contributed by atoms with van der Waals surface area (Å²) in [5.74, 6) is -0.612. The highest BCUT2D eigenvalue weighted by atomic mass is 16.5. The number of aliphatic hydroxyl groups excluding tert-OH is 1. The Hall–Kier alpha value is -3.52. The first kappa shape index (κ1) is 25.1. The number of benzene rings is 2. The Labute approximate surface area is 199 Å². The number of aromatic hydroxyl groups is 1. The molecule has 0 aromatic heterocycles. The van der Waals surface area contributed by atoms with Crippen molar-refractivity contribution >= 4 is 17.4 Å². The first-order chi connectivity index (χ1) is 16.3. The van der Waals surface area contributed by atoms with E-state index in [9.17, 15) is 19.8 Å². The number of likely N-dealkylation sites (tertiary alicyclic amines) is 1. The fourth-order valence-corrected chi connectivity index (χ4v) is 3.83. The third kappa shape index (κ3) is 5.34. The number of phenols is 1. The average Bonchev–Trinajstić information content (AvgIpc) is 3.08. The smallest absolute Gasteiger partial charge is 0.295 e.